The van der Waals surface area contributed by atoms with Crippen LogP contribution < -0.4 is 11.2 Å². The fourth-order valence-electron chi connectivity index (χ4n) is 2.05. The molecule has 0 atom stereocenters. The molecule has 2 heterocycles. The van der Waals surface area contributed by atoms with E-state index >= 15 is 0 Å². The second-order valence-corrected chi connectivity index (χ2v) is 4.34. The van der Waals surface area contributed by atoms with Gasteiger partial charge in [0.15, 0.2) is 0 Å². The number of alkyl halides is 3. The van der Waals surface area contributed by atoms with Crippen molar-refractivity contribution in [3.8, 4) is 11.1 Å². The molecule has 0 fully saturated rings. The normalized spacial score (nSPS) is 12.0. The monoisotopic (exact) mass is 296 g/mol. The molecule has 21 heavy (non-hydrogen) atoms. The molecule has 0 aliphatic rings. The minimum atomic E-state index is -4.57. The van der Waals surface area contributed by atoms with E-state index in [0.717, 1.165) is 18.3 Å². The van der Waals surface area contributed by atoms with Crippen molar-refractivity contribution in [3.63, 3.8) is 0 Å². The number of rotatable bonds is 1. The predicted octanol–water partition coefficient (Wildman–Crippen LogP) is 1.63. The number of nitrogens with zero attached hydrogens (tertiary/aromatic N) is 1. The Morgan fingerprint density at radius 1 is 1.10 bits per heavy atom. The van der Waals surface area contributed by atoms with Crippen LogP contribution in [0, 0.1) is 0 Å². The summed E-state index contributed by atoms with van der Waals surface area (Å²) in [4.78, 5) is 27.0. The van der Waals surface area contributed by atoms with Crippen LogP contribution >= 0.6 is 0 Å². The zero-order chi connectivity index (χ0) is 15.2. The molecule has 6 nitrogen and oxygen atoms in total. The Balaban J connectivity index is 2.38. The first-order valence-corrected chi connectivity index (χ1v) is 5.73. The number of hydrogen-bond acceptors (Lipinski definition) is 3. The van der Waals surface area contributed by atoms with Gasteiger partial charge in [-0.25, -0.2) is 4.79 Å². The maximum atomic E-state index is 12.9. The summed E-state index contributed by atoms with van der Waals surface area (Å²) in [5.74, 6) is 0. The third-order valence-electron chi connectivity index (χ3n) is 3.00. The van der Waals surface area contributed by atoms with Gasteiger partial charge in [-0.15, -0.1) is 0 Å². The van der Waals surface area contributed by atoms with Crippen LogP contribution in [0.2, 0.25) is 0 Å². The van der Waals surface area contributed by atoms with Crippen molar-refractivity contribution in [1.29, 1.82) is 0 Å². The summed E-state index contributed by atoms with van der Waals surface area (Å²) in [6, 6.07) is 1.76. The molecule has 0 amide bonds. The molecule has 9 heteroatoms. The Labute approximate surface area is 113 Å². The highest BCUT2D eigenvalue weighted by Gasteiger charge is 2.32. The molecule has 3 aromatic rings. The quantitative estimate of drug-likeness (QED) is 0.637. The van der Waals surface area contributed by atoms with E-state index in [9.17, 15) is 22.8 Å². The highest BCUT2D eigenvalue weighted by molar-refractivity contribution is 5.94. The number of benzene rings is 1. The fourth-order valence-corrected chi connectivity index (χ4v) is 2.05. The summed E-state index contributed by atoms with van der Waals surface area (Å²) < 4.78 is 38.7. The molecule has 0 spiro atoms. The Morgan fingerprint density at radius 2 is 1.86 bits per heavy atom. The molecule has 0 saturated carbocycles. The average Bonchev–Trinajstić information content (AvgIpc) is 2.85. The maximum Gasteiger partial charge on any atom is 0.416 e. The largest absolute Gasteiger partial charge is 0.416 e. The van der Waals surface area contributed by atoms with Crippen molar-refractivity contribution < 1.29 is 13.2 Å². The van der Waals surface area contributed by atoms with Crippen molar-refractivity contribution >= 4 is 10.9 Å². The first-order valence-electron chi connectivity index (χ1n) is 5.73. The molecule has 0 aliphatic carbocycles. The van der Waals surface area contributed by atoms with Crippen LogP contribution in [-0.4, -0.2) is 20.2 Å². The Bertz CT molecular complexity index is 936. The number of aromatic amines is 3. The number of hydrogen-bond donors (Lipinski definition) is 3. The molecule has 1 aromatic carbocycles. The van der Waals surface area contributed by atoms with E-state index in [-0.39, 0.29) is 16.6 Å². The van der Waals surface area contributed by atoms with E-state index in [4.69, 9.17) is 0 Å². The third kappa shape index (κ3) is 2.22. The van der Waals surface area contributed by atoms with Crippen LogP contribution in [0.5, 0.6) is 0 Å². The standard InChI is InChI=1S/C12H7F3N4O2/c13-12(14,15)5-1-6(7-4-17-19-9(7)2-5)8-3-16-11(21)18-10(8)20/h1-4H,(H,17,19)(H2,16,18,20,21). The van der Waals surface area contributed by atoms with E-state index in [1.807, 2.05) is 4.98 Å². The Kier molecular flexibility index (Phi) is 2.71. The lowest BCUT2D eigenvalue weighted by atomic mass is 10.0. The van der Waals surface area contributed by atoms with Crippen LogP contribution in [0.1, 0.15) is 5.56 Å². The summed E-state index contributed by atoms with van der Waals surface area (Å²) in [6.45, 7) is 0. The third-order valence-corrected chi connectivity index (χ3v) is 3.00. The molecule has 2 aromatic heterocycles. The summed E-state index contributed by atoms with van der Waals surface area (Å²) in [6.07, 6.45) is -2.18. The smallest absolute Gasteiger partial charge is 0.313 e. The minimum absolute atomic E-state index is 0.0334. The van der Waals surface area contributed by atoms with Crippen molar-refractivity contribution in [2.75, 3.05) is 0 Å². The summed E-state index contributed by atoms with van der Waals surface area (Å²) in [7, 11) is 0. The van der Waals surface area contributed by atoms with Crippen molar-refractivity contribution in [2.45, 2.75) is 6.18 Å². The van der Waals surface area contributed by atoms with Crippen LogP contribution in [0.15, 0.2) is 34.1 Å². The van der Waals surface area contributed by atoms with E-state index in [2.05, 4.69) is 15.2 Å². The van der Waals surface area contributed by atoms with Gasteiger partial charge in [0.2, 0.25) is 0 Å². The van der Waals surface area contributed by atoms with Gasteiger partial charge < -0.3 is 4.98 Å². The lowest BCUT2D eigenvalue weighted by Crippen LogP contribution is -2.22. The lowest BCUT2D eigenvalue weighted by Gasteiger charge is -2.09. The summed E-state index contributed by atoms with van der Waals surface area (Å²) in [5.41, 5.74) is -2.33. The molecule has 0 unspecified atom stereocenters. The van der Waals surface area contributed by atoms with Gasteiger partial charge in [0.05, 0.1) is 22.8 Å². The molecule has 0 aliphatic heterocycles. The minimum Gasteiger partial charge on any atom is -0.313 e. The number of halogens is 3. The summed E-state index contributed by atoms with van der Waals surface area (Å²) >= 11 is 0. The molecule has 3 N–H and O–H groups in total. The molecule has 3 rings (SSSR count). The maximum absolute atomic E-state index is 12.9. The second kappa shape index (κ2) is 4.33. The molecule has 108 valence electrons. The van der Waals surface area contributed by atoms with Gasteiger partial charge in [0.1, 0.15) is 0 Å². The first-order chi connectivity index (χ1) is 9.86. The van der Waals surface area contributed by atoms with Crippen molar-refractivity contribution in [2.24, 2.45) is 0 Å². The van der Waals surface area contributed by atoms with Gasteiger partial charge in [-0.1, -0.05) is 0 Å². The highest BCUT2D eigenvalue weighted by atomic mass is 19.4. The van der Waals surface area contributed by atoms with Gasteiger partial charge >= 0.3 is 11.9 Å². The first kappa shape index (κ1) is 13.2. The molecule has 0 saturated heterocycles. The van der Waals surface area contributed by atoms with Gasteiger partial charge in [-0.3, -0.25) is 14.9 Å². The molecular weight excluding hydrogens is 289 g/mol. The molecular formula is C12H7F3N4O2. The number of fused-ring (bicyclic) bond motifs is 1. The number of H-pyrrole nitrogens is 3. The number of nitrogens with one attached hydrogen (secondary N) is 3. The van der Waals surface area contributed by atoms with Crippen LogP contribution in [0.25, 0.3) is 22.0 Å². The average molecular weight is 296 g/mol. The Morgan fingerprint density at radius 3 is 2.52 bits per heavy atom. The van der Waals surface area contributed by atoms with Crippen molar-refractivity contribution in [3.05, 3.63) is 50.9 Å². The lowest BCUT2D eigenvalue weighted by molar-refractivity contribution is -0.137. The van der Waals surface area contributed by atoms with E-state index in [0.29, 0.717) is 5.39 Å². The topological polar surface area (TPSA) is 94.4 Å². The fraction of sp³-hybridized carbons (Fsp3) is 0.0833. The van der Waals surface area contributed by atoms with Crippen molar-refractivity contribution in [1.82, 2.24) is 20.2 Å². The molecule has 0 bridgehead atoms. The molecule has 0 radical (unpaired) electrons. The predicted molar refractivity (Wildman–Crippen MR) is 67.8 cm³/mol. The van der Waals surface area contributed by atoms with Gasteiger partial charge in [0, 0.05) is 17.1 Å². The van der Waals surface area contributed by atoms with E-state index in [1.165, 1.54) is 6.20 Å². The summed E-state index contributed by atoms with van der Waals surface area (Å²) in [5, 5.41) is 6.47. The zero-order valence-corrected chi connectivity index (χ0v) is 10.2. The van der Waals surface area contributed by atoms with E-state index < -0.39 is 23.0 Å². The zero-order valence-electron chi connectivity index (χ0n) is 10.2. The van der Waals surface area contributed by atoms with Gasteiger partial charge in [-0.05, 0) is 12.1 Å². The van der Waals surface area contributed by atoms with Gasteiger partial charge in [0.25, 0.3) is 5.56 Å². The second-order valence-electron chi connectivity index (χ2n) is 4.34. The van der Waals surface area contributed by atoms with Gasteiger partial charge in [-0.2, -0.15) is 18.3 Å². The highest BCUT2D eigenvalue weighted by Crippen LogP contribution is 2.35. The van der Waals surface area contributed by atoms with E-state index in [1.54, 1.807) is 0 Å². The van der Waals surface area contributed by atoms with Crippen LogP contribution in [0.4, 0.5) is 13.2 Å². The number of aromatic nitrogens is 4. The SMILES string of the molecule is O=c1[nH]cc(-c2cc(C(F)(F)F)cc3[nH]ncc23)c(=O)[nH]1. The van der Waals surface area contributed by atoms with Crippen LogP contribution in [0.3, 0.4) is 0 Å². The van der Waals surface area contributed by atoms with Crippen LogP contribution in [-0.2, 0) is 6.18 Å². The Hall–Kier alpha value is -2.84.